The van der Waals surface area contributed by atoms with Crippen LogP contribution in [-0.2, 0) is 0 Å². The molecule has 1 atom stereocenters. The van der Waals surface area contributed by atoms with Crippen molar-refractivity contribution < 1.29 is 0 Å². The molecule has 20 heavy (non-hydrogen) atoms. The number of aromatic nitrogens is 4. The monoisotopic (exact) mass is 312 g/mol. The average molecular weight is 313 g/mol. The van der Waals surface area contributed by atoms with Gasteiger partial charge in [-0.05, 0) is 39.3 Å². The Morgan fingerprint density at radius 1 is 1.15 bits per heavy atom. The highest BCUT2D eigenvalue weighted by Crippen LogP contribution is 2.26. The van der Waals surface area contributed by atoms with E-state index >= 15 is 0 Å². The van der Waals surface area contributed by atoms with Crippen LogP contribution in [0.3, 0.4) is 0 Å². The first-order chi connectivity index (χ1) is 9.49. The molecular weight excluding hydrogens is 296 g/mol. The van der Waals surface area contributed by atoms with E-state index < -0.39 is 0 Å². The Balaban J connectivity index is 2.18. The molecule has 0 fully saturated rings. The highest BCUT2D eigenvalue weighted by Gasteiger charge is 2.15. The Kier molecular flexibility index (Phi) is 4.72. The van der Waals surface area contributed by atoms with Gasteiger partial charge < -0.3 is 10.6 Å². The molecule has 0 aliphatic carbocycles. The lowest BCUT2D eigenvalue weighted by Crippen LogP contribution is -2.12. The summed E-state index contributed by atoms with van der Waals surface area (Å²) in [6, 6.07) is 0.0640. The number of nitrogens with zero attached hydrogens (tertiary/aromatic N) is 4. The molecule has 0 aromatic carbocycles. The molecule has 2 aromatic heterocycles. The summed E-state index contributed by atoms with van der Waals surface area (Å²) >= 11 is 7.57. The summed E-state index contributed by atoms with van der Waals surface area (Å²) in [6.45, 7) is 8.74. The highest BCUT2D eigenvalue weighted by atomic mass is 35.5. The maximum absolute atomic E-state index is 5.90. The fraction of sp³-hybridized carbons (Fsp3) is 0.500. The zero-order valence-corrected chi connectivity index (χ0v) is 13.4. The minimum absolute atomic E-state index is 0.0640. The molecule has 2 rings (SSSR count). The number of anilines is 2. The molecule has 0 aliphatic heterocycles. The van der Waals surface area contributed by atoms with Crippen molar-refractivity contribution in [1.29, 1.82) is 0 Å². The van der Waals surface area contributed by atoms with E-state index in [1.807, 2.05) is 27.7 Å². The van der Waals surface area contributed by atoms with E-state index in [9.17, 15) is 0 Å². The summed E-state index contributed by atoms with van der Waals surface area (Å²) in [7, 11) is 0. The summed E-state index contributed by atoms with van der Waals surface area (Å²) in [5.74, 6) is 0.929. The van der Waals surface area contributed by atoms with Crippen LogP contribution in [-0.4, -0.2) is 26.5 Å². The van der Waals surface area contributed by atoms with Gasteiger partial charge in [-0.2, -0.15) is 15.0 Å². The van der Waals surface area contributed by atoms with Gasteiger partial charge in [-0.1, -0.05) is 0 Å². The zero-order valence-electron chi connectivity index (χ0n) is 11.9. The Hall–Kier alpha value is -1.47. The van der Waals surface area contributed by atoms with Crippen molar-refractivity contribution in [3.8, 4) is 0 Å². The largest absolute Gasteiger partial charge is 0.354 e. The van der Waals surface area contributed by atoms with Crippen molar-refractivity contribution >= 4 is 34.8 Å². The molecule has 1 unspecified atom stereocenters. The van der Waals surface area contributed by atoms with Crippen LogP contribution in [0.1, 0.15) is 35.5 Å². The van der Waals surface area contributed by atoms with Crippen molar-refractivity contribution in [2.24, 2.45) is 0 Å². The second-order valence-electron chi connectivity index (χ2n) is 4.33. The van der Waals surface area contributed by atoms with Gasteiger partial charge in [0.15, 0.2) is 0 Å². The van der Waals surface area contributed by atoms with Crippen LogP contribution in [0.2, 0.25) is 5.28 Å². The maximum atomic E-state index is 5.90. The smallest absolute Gasteiger partial charge is 0.229 e. The van der Waals surface area contributed by atoms with Crippen LogP contribution in [0.15, 0.2) is 0 Å². The Morgan fingerprint density at radius 2 is 1.85 bits per heavy atom. The molecule has 0 saturated carbocycles. The fourth-order valence-corrected chi connectivity index (χ4v) is 2.95. The summed E-state index contributed by atoms with van der Waals surface area (Å²) in [6.07, 6.45) is 0. The number of rotatable bonds is 5. The SMILES string of the molecule is CCNc1nc(Cl)nc(NC(C)c2sc(C)nc2C)n1. The Morgan fingerprint density at radius 3 is 2.45 bits per heavy atom. The van der Waals surface area contributed by atoms with Crippen LogP contribution in [0, 0.1) is 13.8 Å². The van der Waals surface area contributed by atoms with Crippen molar-refractivity contribution in [2.75, 3.05) is 17.2 Å². The normalized spacial score (nSPS) is 12.2. The van der Waals surface area contributed by atoms with Crippen LogP contribution >= 0.6 is 22.9 Å². The van der Waals surface area contributed by atoms with E-state index in [4.69, 9.17) is 11.6 Å². The molecule has 2 N–H and O–H groups in total. The predicted octanol–water partition coefficient (Wildman–Crippen LogP) is 3.20. The third kappa shape index (κ3) is 3.55. The molecule has 2 aromatic rings. The third-order valence-corrected chi connectivity index (χ3v) is 4.05. The molecule has 6 nitrogen and oxygen atoms in total. The molecular formula is C12H17ClN6S. The average Bonchev–Trinajstić information content (AvgIpc) is 2.68. The second-order valence-corrected chi connectivity index (χ2v) is 5.90. The lowest BCUT2D eigenvalue weighted by molar-refractivity contribution is 0.858. The molecule has 108 valence electrons. The molecule has 8 heteroatoms. The van der Waals surface area contributed by atoms with E-state index in [-0.39, 0.29) is 11.3 Å². The van der Waals surface area contributed by atoms with Gasteiger partial charge in [0.05, 0.1) is 16.7 Å². The van der Waals surface area contributed by atoms with Crippen LogP contribution in [0.5, 0.6) is 0 Å². The molecule has 0 radical (unpaired) electrons. The van der Waals surface area contributed by atoms with Crippen LogP contribution < -0.4 is 10.6 Å². The van der Waals surface area contributed by atoms with Crippen molar-refractivity contribution in [2.45, 2.75) is 33.7 Å². The topological polar surface area (TPSA) is 75.6 Å². The first-order valence-electron chi connectivity index (χ1n) is 6.35. The molecule has 0 amide bonds. The van der Waals surface area contributed by atoms with Crippen LogP contribution in [0.25, 0.3) is 0 Å². The van der Waals surface area contributed by atoms with Gasteiger partial charge in [-0.25, -0.2) is 4.98 Å². The highest BCUT2D eigenvalue weighted by molar-refractivity contribution is 7.11. The van der Waals surface area contributed by atoms with Gasteiger partial charge in [-0.15, -0.1) is 11.3 Å². The Bertz CT molecular complexity index is 600. The van der Waals surface area contributed by atoms with Gasteiger partial charge >= 0.3 is 0 Å². The fourth-order valence-electron chi connectivity index (χ4n) is 1.86. The van der Waals surface area contributed by atoms with Crippen molar-refractivity contribution in [3.63, 3.8) is 0 Å². The number of aryl methyl sites for hydroxylation is 2. The van der Waals surface area contributed by atoms with E-state index in [1.165, 1.54) is 4.88 Å². The van der Waals surface area contributed by atoms with E-state index in [0.29, 0.717) is 11.9 Å². The first-order valence-corrected chi connectivity index (χ1v) is 7.55. The molecule has 2 heterocycles. The summed E-state index contributed by atoms with van der Waals surface area (Å²) in [5, 5.41) is 7.48. The van der Waals surface area contributed by atoms with Gasteiger partial charge in [0, 0.05) is 11.4 Å². The lowest BCUT2D eigenvalue weighted by Gasteiger charge is -2.13. The molecule has 0 bridgehead atoms. The lowest BCUT2D eigenvalue weighted by atomic mass is 10.2. The standard InChI is InChI=1S/C12H17ClN6S/c1-5-14-11-17-10(13)18-12(19-11)16-7(3)9-6(2)15-8(4)20-9/h7H,5H2,1-4H3,(H2,14,16,17,18,19). The number of hydrogen-bond acceptors (Lipinski definition) is 7. The van der Waals surface area contributed by atoms with E-state index in [2.05, 4.69) is 30.6 Å². The number of nitrogens with one attached hydrogen (secondary N) is 2. The van der Waals surface area contributed by atoms with E-state index in [0.717, 1.165) is 17.2 Å². The second kappa shape index (κ2) is 6.32. The molecule has 0 saturated heterocycles. The minimum atomic E-state index is 0.0640. The van der Waals surface area contributed by atoms with Gasteiger partial charge in [-0.3, -0.25) is 0 Å². The van der Waals surface area contributed by atoms with Crippen molar-refractivity contribution in [1.82, 2.24) is 19.9 Å². The number of halogens is 1. The Labute approximate surface area is 127 Å². The minimum Gasteiger partial charge on any atom is -0.354 e. The predicted molar refractivity (Wildman–Crippen MR) is 82.6 cm³/mol. The zero-order chi connectivity index (χ0) is 14.7. The number of hydrogen-bond donors (Lipinski definition) is 2. The molecule has 0 aliphatic rings. The third-order valence-electron chi connectivity index (χ3n) is 2.62. The van der Waals surface area contributed by atoms with Crippen molar-refractivity contribution in [3.05, 3.63) is 20.9 Å². The first kappa shape index (κ1) is 14.9. The summed E-state index contributed by atoms with van der Waals surface area (Å²) in [4.78, 5) is 18.0. The maximum Gasteiger partial charge on any atom is 0.229 e. The summed E-state index contributed by atoms with van der Waals surface area (Å²) in [5.41, 5.74) is 1.03. The van der Waals surface area contributed by atoms with Gasteiger partial charge in [0.25, 0.3) is 0 Å². The van der Waals surface area contributed by atoms with Gasteiger partial charge in [0.1, 0.15) is 0 Å². The number of thiazole rings is 1. The summed E-state index contributed by atoms with van der Waals surface area (Å²) < 4.78 is 0. The van der Waals surface area contributed by atoms with Crippen LogP contribution in [0.4, 0.5) is 11.9 Å². The van der Waals surface area contributed by atoms with Gasteiger partial charge in [0.2, 0.25) is 17.2 Å². The molecule has 0 spiro atoms. The van der Waals surface area contributed by atoms with E-state index in [1.54, 1.807) is 11.3 Å². The quantitative estimate of drug-likeness (QED) is 0.883.